The molecule has 0 bridgehead atoms. The third-order valence-corrected chi connectivity index (χ3v) is 8.51. The van der Waals surface area contributed by atoms with Gasteiger partial charge in [-0.05, 0) is 42.0 Å². The summed E-state index contributed by atoms with van der Waals surface area (Å²) in [5.74, 6) is -2.53. The van der Waals surface area contributed by atoms with E-state index in [4.69, 9.17) is 20.2 Å². The molecule has 0 radical (unpaired) electrons. The van der Waals surface area contributed by atoms with Crippen LogP contribution in [0.5, 0.6) is 5.88 Å². The number of carbonyl (C=O) groups is 1. The third-order valence-electron chi connectivity index (χ3n) is 8.51. The first kappa shape index (κ1) is 33.3. The molecule has 1 fully saturated rings. The molecular weight excluding hydrogens is 637 g/mol. The molecule has 1 atom stereocenters. The van der Waals surface area contributed by atoms with Gasteiger partial charge < -0.3 is 24.9 Å². The summed E-state index contributed by atoms with van der Waals surface area (Å²) in [6, 6.07) is 12.4. The lowest BCUT2D eigenvalue weighted by Gasteiger charge is -2.28. The molecule has 0 aliphatic carbocycles. The minimum atomic E-state index is -1.08. The summed E-state index contributed by atoms with van der Waals surface area (Å²) >= 11 is 0. The van der Waals surface area contributed by atoms with Gasteiger partial charge in [-0.3, -0.25) is 9.98 Å². The number of carboxylic acids is 1. The molecule has 3 N–H and O–H groups in total. The fraction of sp³-hybridized carbons (Fsp3) is 0.250. The van der Waals surface area contributed by atoms with Crippen LogP contribution < -0.4 is 10.5 Å². The van der Waals surface area contributed by atoms with E-state index in [1.165, 1.54) is 42.9 Å². The van der Waals surface area contributed by atoms with Crippen LogP contribution in [0.25, 0.3) is 27.9 Å². The van der Waals surface area contributed by atoms with Crippen molar-refractivity contribution in [1.29, 1.82) is 0 Å². The van der Waals surface area contributed by atoms with Crippen molar-refractivity contribution in [2.45, 2.75) is 32.9 Å². The number of carboxylic acid groups (broad SMARTS) is 1. The van der Waals surface area contributed by atoms with Crippen LogP contribution in [0.2, 0.25) is 0 Å². The SMILES string of the molecule is CN=C/C(=C\N)c1cc(F)c(COc2cccc(-c3cc(F)c(Cc4nc5ccc(C(=O)O)cc5n4[C@H]4COCC4(C)C)cc3F)n2)cn1. The second-order valence-corrected chi connectivity index (χ2v) is 12.3. The number of pyridine rings is 2. The van der Waals surface area contributed by atoms with E-state index >= 15 is 8.78 Å². The number of aliphatic imine (C=N–C) groups is 1. The topological polar surface area (TPSA) is 138 Å². The van der Waals surface area contributed by atoms with Crippen LogP contribution in [0.4, 0.5) is 13.2 Å². The Labute approximate surface area is 279 Å². The molecule has 252 valence electrons. The van der Waals surface area contributed by atoms with Gasteiger partial charge in [0.2, 0.25) is 5.88 Å². The summed E-state index contributed by atoms with van der Waals surface area (Å²) in [7, 11) is 1.56. The second kappa shape index (κ2) is 13.5. The maximum absolute atomic E-state index is 15.7. The van der Waals surface area contributed by atoms with Crippen LogP contribution in [0.3, 0.4) is 0 Å². The summed E-state index contributed by atoms with van der Waals surface area (Å²) in [6.45, 7) is 4.68. The summed E-state index contributed by atoms with van der Waals surface area (Å²) in [5, 5.41) is 9.61. The fourth-order valence-corrected chi connectivity index (χ4v) is 5.87. The van der Waals surface area contributed by atoms with Gasteiger partial charge in [-0.2, -0.15) is 0 Å². The van der Waals surface area contributed by atoms with Gasteiger partial charge in [0, 0.05) is 66.3 Å². The Morgan fingerprint density at radius 2 is 1.90 bits per heavy atom. The lowest BCUT2D eigenvalue weighted by atomic mass is 9.87. The van der Waals surface area contributed by atoms with Crippen molar-refractivity contribution in [3.63, 3.8) is 0 Å². The number of hydrogen-bond acceptors (Lipinski definition) is 8. The first-order chi connectivity index (χ1) is 23.5. The highest BCUT2D eigenvalue weighted by Crippen LogP contribution is 2.40. The van der Waals surface area contributed by atoms with Crippen molar-refractivity contribution < 1.29 is 32.5 Å². The number of aromatic nitrogens is 4. The normalized spacial score (nSPS) is 16.1. The molecule has 6 rings (SSSR count). The lowest BCUT2D eigenvalue weighted by molar-refractivity contribution is 0.0697. The number of rotatable bonds is 10. The number of ether oxygens (including phenoxy) is 2. The maximum Gasteiger partial charge on any atom is 0.335 e. The van der Waals surface area contributed by atoms with Crippen molar-refractivity contribution >= 4 is 28.8 Å². The van der Waals surface area contributed by atoms with Crippen LogP contribution >= 0.6 is 0 Å². The molecule has 5 aromatic rings. The van der Waals surface area contributed by atoms with Crippen molar-refractivity contribution in [3.8, 4) is 17.1 Å². The quantitative estimate of drug-likeness (QED) is 0.164. The van der Waals surface area contributed by atoms with Crippen LogP contribution in [0.15, 0.2) is 72.0 Å². The van der Waals surface area contributed by atoms with Crippen molar-refractivity contribution in [3.05, 3.63) is 113 Å². The van der Waals surface area contributed by atoms with E-state index < -0.39 is 23.4 Å². The molecule has 1 aliphatic rings. The lowest BCUT2D eigenvalue weighted by Crippen LogP contribution is -2.27. The average molecular weight is 671 g/mol. The van der Waals surface area contributed by atoms with Gasteiger partial charge in [0.25, 0.3) is 0 Å². The molecule has 0 unspecified atom stereocenters. The Morgan fingerprint density at radius 1 is 1.10 bits per heavy atom. The Hall–Kier alpha value is -5.56. The molecule has 0 spiro atoms. The van der Waals surface area contributed by atoms with Crippen molar-refractivity contribution in [2.75, 3.05) is 20.3 Å². The molecule has 10 nitrogen and oxygen atoms in total. The molecule has 4 heterocycles. The third kappa shape index (κ3) is 6.74. The summed E-state index contributed by atoms with van der Waals surface area (Å²) in [6.07, 6.45) is 3.99. The zero-order valence-corrected chi connectivity index (χ0v) is 27.0. The van der Waals surface area contributed by atoms with E-state index in [1.807, 2.05) is 18.4 Å². The Kier molecular flexibility index (Phi) is 9.20. The molecule has 0 amide bonds. The van der Waals surface area contributed by atoms with E-state index in [2.05, 4.69) is 15.0 Å². The first-order valence-corrected chi connectivity index (χ1v) is 15.4. The second-order valence-electron chi connectivity index (χ2n) is 12.3. The molecule has 2 aromatic carbocycles. The molecule has 13 heteroatoms. The number of nitrogens with zero attached hydrogens (tertiary/aromatic N) is 5. The summed E-state index contributed by atoms with van der Waals surface area (Å²) < 4.78 is 59.6. The number of hydrogen-bond donors (Lipinski definition) is 2. The summed E-state index contributed by atoms with van der Waals surface area (Å²) in [4.78, 5) is 28.9. The van der Waals surface area contributed by atoms with Crippen LogP contribution in [0.1, 0.15) is 52.9 Å². The number of halogens is 3. The first-order valence-electron chi connectivity index (χ1n) is 15.4. The molecule has 49 heavy (non-hydrogen) atoms. The van der Waals surface area contributed by atoms with Gasteiger partial charge in [0.05, 0.1) is 47.2 Å². The smallest absolute Gasteiger partial charge is 0.335 e. The van der Waals surface area contributed by atoms with Gasteiger partial charge in [0.1, 0.15) is 29.9 Å². The highest BCUT2D eigenvalue weighted by atomic mass is 19.1. The van der Waals surface area contributed by atoms with Crippen LogP contribution in [-0.2, 0) is 17.8 Å². The van der Waals surface area contributed by atoms with E-state index in [9.17, 15) is 14.3 Å². The molecule has 3 aromatic heterocycles. The molecular formula is C36H33F3N6O4. The molecule has 1 saturated heterocycles. The van der Waals surface area contributed by atoms with Crippen LogP contribution in [0, 0.1) is 22.9 Å². The number of allylic oxidation sites excluding steroid dienone is 1. The predicted molar refractivity (Wildman–Crippen MR) is 178 cm³/mol. The standard InChI is InChI=1S/C36H33F3N6O4/c1-36(2)19-48-18-32(36)45-31-10-20(35(46)47)7-8-29(31)43-33(45)11-21-9-27(39)24(12-25(21)37)28-5-4-6-34(44-28)49-17-23-16-42-30(13-26(23)38)22(14-40)15-41-3/h4-10,12-16,32H,11,17-19,40H2,1-3H3,(H,46,47)/b22-14+,41-15?/t32-/m0/s1. The number of benzene rings is 2. The summed E-state index contributed by atoms with van der Waals surface area (Å²) in [5.41, 5.74) is 7.45. The van der Waals surface area contributed by atoms with Gasteiger partial charge >= 0.3 is 5.97 Å². The fourth-order valence-electron chi connectivity index (χ4n) is 5.87. The van der Waals surface area contributed by atoms with Crippen LogP contribution in [-0.4, -0.2) is 57.1 Å². The number of fused-ring (bicyclic) bond motifs is 1. The Morgan fingerprint density at radius 3 is 2.59 bits per heavy atom. The molecule has 1 aliphatic heterocycles. The average Bonchev–Trinajstić information content (AvgIpc) is 3.61. The van der Waals surface area contributed by atoms with E-state index in [0.29, 0.717) is 41.3 Å². The Bertz CT molecular complexity index is 2130. The number of aromatic carboxylic acids is 1. The monoisotopic (exact) mass is 670 g/mol. The van der Waals surface area contributed by atoms with Gasteiger partial charge in [-0.15, -0.1) is 0 Å². The van der Waals surface area contributed by atoms with Crippen molar-refractivity contribution in [2.24, 2.45) is 16.1 Å². The maximum atomic E-state index is 15.7. The van der Waals surface area contributed by atoms with Gasteiger partial charge in [-0.1, -0.05) is 19.9 Å². The largest absolute Gasteiger partial charge is 0.478 e. The van der Waals surface area contributed by atoms with Crippen molar-refractivity contribution in [1.82, 2.24) is 19.5 Å². The molecule has 0 saturated carbocycles. The van der Waals surface area contributed by atoms with E-state index in [-0.39, 0.29) is 58.3 Å². The minimum absolute atomic E-state index is 0.0599. The van der Waals surface area contributed by atoms with E-state index in [0.717, 1.165) is 12.1 Å². The Balaban J connectivity index is 1.26. The van der Waals surface area contributed by atoms with Gasteiger partial charge in [0.15, 0.2) is 0 Å². The highest BCUT2D eigenvalue weighted by molar-refractivity contribution is 6.08. The number of imidazole rings is 1. The highest BCUT2D eigenvalue weighted by Gasteiger charge is 2.39. The van der Waals surface area contributed by atoms with Gasteiger partial charge in [-0.25, -0.2) is 27.9 Å². The number of nitrogens with two attached hydrogens (primary N) is 1. The predicted octanol–water partition coefficient (Wildman–Crippen LogP) is 6.38. The zero-order valence-electron chi connectivity index (χ0n) is 27.0. The van der Waals surface area contributed by atoms with E-state index in [1.54, 1.807) is 25.2 Å². The zero-order chi connectivity index (χ0) is 34.9. The minimum Gasteiger partial charge on any atom is -0.478 e.